The summed E-state index contributed by atoms with van der Waals surface area (Å²) in [6, 6.07) is 12.1. The Morgan fingerprint density at radius 3 is 2.29 bits per heavy atom. The minimum atomic E-state index is -3.97. The van der Waals surface area contributed by atoms with E-state index in [1.165, 1.54) is 12.8 Å². The number of nitrogens with one attached hydrogen (secondary N) is 1. The van der Waals surface area contributed by atoms with Crippen molar-refractivity contribution >= 4 is 26.7 Å². The number of aryl methyl sites for hydroxylation is 2. The standard InChI is InChI=1S/C26H31N3O4S/c1-18-6-9-23(16-19(18)2)24-20(3)26(31)29(34(24,32)33)17-21-7-10-22(11-8-21)25(30)27-12-15-28-13-4-5-14-28/h6-11,16H,4-5,12-15,17H2,1-3H3,(H,27,30). The first-order valence-corrected chi connectivity index (χ1v) is 13.1. The highest BCUT2D eigenvalue weighted by atomic mass is 32.2. The first-order chi connectivity index (χ1) is 16.2. The van der Waals surface area contributed by atoms with Crippen LogP contribution in [-0.2, 0) is 21.4 Å². The van der Waals surface area contributed by atoms with E-state index < -0.39 is 15.9 Å². The molecule has 2 aromatic rings. The second-order valence-electron chi connectivity index (χ2n) is 9.07. The van der Waals surface area contributed by atoms with Crippen molar-refractivity contribution in [3.63, 3.8) is 0 Å². The van der Waals surface area contributed by atoms with Gasteiger partial charge in [0.05, 0.1) is 6.54 Å². The van der Waals surface area contributed by atoms with Crippen LogP contribution in [-0.4, -0.2) is 55.6 Å². The largest absolute Gasteiger partial charge is 0.351 e. The normalized spacial score (nSPS) is 18.1. The lowest BCUT2D eigenvalue weighted by Gasteiger charge is -2.17. The van der Waals surface area contributed by atoms with Crippen LogP contribution in [0.5, 0.6) is 0 Å². The molecule has 8 heteroatoms. The van der Waals surface area contributed by atoms with E-state index in [1.54, 1.807) is 43.3 Å². The van der Waals surface area contributed by atoms with Gasteiger partial charge in [-0.3, -0.25) is 9.59 Å². The molecule has 0 aromatic heterocycles. The number of benzene rings is 2. The number of likely N-dealkylation sites (tertiary alicyclic amines) is 1. The van der Waals surface area contributed by atoms with Crippen LogP contribution < -0.4 is 5.32 Å². The lowest BCUT2D eigenvalue weighted by atomic mass is 10.0. The average Bonchev–Trinajstić information content (AvgIpc) is 3.38. The number of carbonyl (C=O) groups excluding carboxylic acids is 2. The van der Waals surface area contributed by atoms with Gasteiger partial charge in [-0.25, -0.2) is 12.7 Å². The topological polar surface area (TPSA) is 86.8 Å². The van der Waals surface area contributed by atoms with Crippen LogP contribution in [0.4, 0.5) is 0 Å². The highest BCUT2D eigenvalue weighted by Gasteiger charge is 2.42. The first kappa shape index (κ1) is 24.2. The van der Waals surface area contributed by atoms with Crippen LogP contribution in [0.1, 0.15) is 52.4 Å². The predicted molar refractivity (Wildman–Crippen MR) is 132 cm³/mol. The van der Waals surface area contributed by atoms with Gasteiger partial charge < -0.3 is 10.2 Å². The molecule has 0 unspecified atom stereocenters. The van der Waals surface area contributed by atoms with E-state index in [0.717, 1.165) is 35.1 Å². The van der Waals surface area contributed by atoms with Gasteiger partial charge in [-0.05, 0) is 81.1 Å². The zero-order valence-corrected chi connectivity index (χ0v) is 20.7. The second-order valence-corrected chi connectivity index (χ2v) is 10.9. The molecule has 2 amide bonds. The van der Waals surface area contributed by atoms with Crippen molar-refractivity contribution in [1.82, 2.24) is 14.5 Å². The maximum Gasteiger partial charge on any atom is 0.268 e. The smallest absolute Gasteiger partial charge is 0.268 e. The van der Waals surface area contributed by atoms with Crippen molar-refractivity contribution in [3.8, 4) is 0 Å². The zero-order valence-electron chi connectivity index (χ0n) is 19.9. The van der Waals surface area contributed by atoms with E-state index in [0.29, 0.717) is 23.2 Å². The predicted octanol–water partition coefficient (Wildman–Crippen LogP) is 3.23. The molecule has 180 valence electrons. The maximum atomic E-state index is 13.3. The van der Waals surface area contributed by atoms with Crippen molar-refractivity contribution < 1.29 is 18.0 Å². The van der Waals surface area contributed by atoms with Crippen LogP contribution in [0.15, 0.2) is 48.0 Å². The van der Waals surface area contributed by atoms with Gasteiger partial charge >= 0.3 is 0 Å². The molecule has 4 rings (SSSR count). The molecule has 0 radical (unpaired) electrons. The van der Waals surface area contributed by atoms with Crippen molar-refractivity contribution in [2.45, 2.75) is 40.2 Å². The van der Waals surface area contributed by atoms with Gasteiger partial charge in [-0.2, -0.15) is 0 Å². The summed E-state index contributed by atoms with van der Waals surface area (Å²) < 4.78 is 27.5. The second kappa shape index (κ2) is 9.72. The summed E-state index contributed by atoms with van der Waals surface area (Å²) >= 11 is 0. The third-order valence-corrected chi connectivity index (χ3v) is 8.59. The first-order valence-electron chi connectivity index (χ1n) is 11.6. The van der Waals surface area contributed by atoms with E-state index in [4.69, 9.17) is 0 Å². The summed E-state index contributed by atoms with van der Waals surface area (Å²) in [5.41, 5.74) is 3.91. The summed E-state index contributed by atoms with van der Waals surface area (Å²) in [6.07, 6.45) is 2.43. The molecule has 2 aromatic carbocycles. The Kier molecular flexibility index (Phi) is 6.91. The molecular formula is C26H31N3O4S. The van der Waals surface area contributed by atoms with E-state index in [1.807, 2.05) is 19.9 Å². The molecule has 2 aliphatic heterocycles. The molecule has 7 nitrogen and oxygen atoms in total. The summed E-state index contributed by atoms with van der Waals surface area (Å²) in [5.74, 6) is -0.679. The SMILES string of the molecule is CC1=C(c2ccc(C)c(C)c2)S(=O)(=O)N(Cc2ccc(C(=O)NCCN3CCCC3)cc2)C1=O. The van der Waals surface area contributed by atoms with Crippen molar-refractivity contribution in [2.24, 2.45) is 0 Å². The minimum Gasteiger partial charge on any atom is -0.351 e. The lowest BCUT2D eigenvalue weighted by Crippen LogP contribution is -2.33. The summed E-state index contributed by atoms with van der Waals surface area (Å²) in [5, 5.41) is 2.93. The highest BCUT2D eigenvalue weighted by molar-refractivity contribution is 7.99. The highest BCUT2D eigenvalue weighted by Crippen LogP contribution is 2.37. The Morgan fingerprint density at radius 1 is 0.971 bits per heavy atom. The Balaban J connectivity index is 1.43. The fourth-order valence-corrected chi connectivity index (χ4v) is 6.26. The molecular weight excluding hydrogens is 450 g/mol. The van der Waals surface area contributed by atoms with Gasteiger partial charge in [0.15, 0.2) is 0 Å². The Morgan fingerprint density at radius 2 is 1.65 bits per heavy atom. The van der Waals surface area contributed by atoms with Crippen molar-refractivity contribution in [2.75, 3.05) is 26.2 Å². The molecule has 0 saturated carbocycles. The van der Waals surface area contributed by atoms with E-state index in [2.05, 4.69) is 10.2 Å². The fraction of sp³-hybridized carbons (Fsp3) is 0.385. The van der Waals surface area contributed by atoms with Crippen molar-refractivity contribution in [3.05, 3.63) is 75.9 Å². The monoisotopic (exact) mass is 481 g/mol. The van der Waals surface area contributed by atoms with Crippen LogP contribution in [0.25, 0.3) is 4.91 Å². The number of hydrogen-bond acceptors (Lipinski definition) is 5. The number of hydrogen-bond donors (Lipinski definition) is 1. The quantitative estimate of drug-likeness (QED) is 0.656. The Hall–Kier alpha value is -2.97. The van der Waals surface area contributed by atoms with E-state index in [-0.39, 0.29) is 22.9 Å². The summed E-state index contributed by atoms with van der Waals surface area (Å²) in [4.78, 5) is 27.7. The zero-order chi connectivity index (χ0) is 24.5. The van der Waals surface area contributed by atoms with E-state index in [9.17, 15) is 18.0 Å². The number of sulfonamides is 1. The number of carbonyl (C=O) groups is 2. The van der Waals surface area contributed by atoms with Gasteiger partial charge in [0.25, 0.3) is 21.8 Å². The van der Waals surface area contributed by atoms with Gasteiger partial charge in [0.2, 0.25) is 0 Å². The average molecular weight is 482 g/mol. The minimum absolute atomic E-state index is 0.0644. The van der Waals surface area contributed by atoms with Gasteiger partial charge in [0, 0.05) is 24.2 Å². The molecule has 2 aliphatic rings. The van der Waals surface area contributed by atoms with Gasteiger partial charge in [-0.1, -0.05) is 30.3 Å². The van der Waals surface area contributed by atoms with Crippen LogP contribution in [0.3, 0.4) is 0 Å². The van der Waals surface area contributed by atoms with Gasteiger partial charge in [-0.15, -0.1) is 0 Å². The third kappa shape index (κ3) is 4.79. The van der Waals surface area contributed by atoms with Crippen LogP contribution >= 0.6 is 0 Å². The fourth-order valence-electron chi connectivity index (χ4n) is 4.47. The number of rotatable bonds is 7. The molecule has 1 saturated heterocycles. The number of nitrogens with zero attached hydrogens (tertiary/aromatic N) is 2. The maximum absolute atomic E-state index is 13.3. The molecule has 0 bridgehead atoms. The van der Waals surface area contributed by atoms with Crippen molar-refractivity contribution in [1.29, 1.82) is 0 Å². The molecule has 1 N–H and O–H groups in total. The summed E-state index contributed by atoms with van der Waals surface area (Å²) in [7, 11) is -3.97. The van der Waals surface area contributed by atoms with Crippen LogP contribution in [0.2, 0.25) is 0 Å². The molecule has 34 heavy (non-hydrogen) atoms. The molecule has 0 atom stereocenters. The van der Waals surface area contributed by atoms with Crippen LogP contribution in [0, 0.1) is 13.8 Å². The Labute approximate surface area is 201 Å². The van der Waals surface area contributed by atoms with Gasteiger partial charge in [0.1, 0.15) is 4.91 Å². The molecule has 0 spiro atoms. The molecule has 0 aliphatic carbocycles. The molecule has 1 fully saturated rings. The third-order valence-electron chi connectivity index (χ3n) is 6.66. The van der Waals surface area contributed by atoms with E-state index >= 15 is 0 Å². The molecule has 2 heterocycles. The lowest BCUT2D eigenvalue weighted by molar-refractivity contribution is -0.122. The Bertz CT molecular complexity index is 1240. The number of amides is 2. The summed E-state index contributed by atoms with van der Waals surface area (Å²) in [6.45, 7) is 8.95.